The van der Waals surface area contributed by atoms with Gasteiger partial charge in [0.2, 0.25) is 0 Å². The lowest BCUT2D eigenvalue weighted by Crippen LogP contribution is -2.22. The standard InChI is InChI=1S/C11H14N2O/c1-13-10-5-3-2-4-9(10)8-11(13)12-6-7-14/h2-5,14H,6-8H2,1H3. The van der Waals surface area contributed by atoms with Gasteiger partial charge in [-0.2, -0.15) is 0 Å². The maximum absolute atomic E-state index is 8.70. The Bertz CT molecular complexity index is 360. The number of para-hydroxylation sites is 1. The molecule has 0 fully saturated rings. The zero-order chi connectivity index (χ0) is 9.97. The third kappa shape index (κ3) is 1.51. The van der Waals surface area contributed by atoms with Gasteiger partial charge in [-0.3, -0.25) is 4.99 Å². The van der Waals surface area contributed by atoms with Crippen LogP contribution in [0.2, 0.25) is 0 Å². The van der Waals surface area contributed by atoms with E-state index in [9.17, 15) is 0 Å². The van der Waals surface area contributed by atoms with Gasteiger partial charge in [0.25, 0.3) is 0 Å². The Labute approximate surface area is 83.7 Å². The van der Waals surface area contributed by atoms with Crippen LogP contribution in [0.25, 0.3) is 0 Å². The fourth-order valence-corrected chi connectivity index (χ4v) is 1.76. The molecule has 0 spiro atoms. The minimum Gasteiger partial charge on any atom is -0.394 e. The lowest BCUT2D eigenvalue weighted by molar-refractivity contribution is 0.307. The molecular weight excluding hydrogens is 176 g/mol. The molecule has 0 aliphatic carbocycles. The quantitative estimate of drug-likeness (QED) is 0.757. The van der Waals surface area contributed by atoms with E-state index in [0.717, 1.165) is 12.3 Å². The topological polar surface area (TPSA) is 35.8 Å². The van der Waals surface area contributed by atoms with Gasteiger partial charge in [0, 0.05) is 19.2 Å². The second kappa shape index (κ2) is 3.80. The fraction of sp³-hybridized carbons (Fsp3) is 0.364. The summed E-state index contributed by atoms with van der Waals surface area (Å²) in [6.07, 6.45) is 0.882. The van der Waals surface area contributed by atoms with Crippen LogP contribution in [-0.4, -0.2) is 31.1 Å². The summed E-state index contributed by atoms with van der Waals surface area (Å²) in [5, 5.41) is 8.70. The van der Waals surface area contributed by atoms with Gasteiger partial charge in [-0.15, -0.1) is 0 Å². The Morgan fingerprint density at radius 2 is 2.21 bits per heavy atom. The second-order valence-corrected chi connectivity index (χ2v) is 3.39. The van der Waals surface area contributed by atoms with E-state index in [2.05, 4.69) is 22.0 Å². The van der Waals surface area contributed by atoms with Crippen LogP contribution in [0, 0.1) is 0 Å². The van der Waals surface area contributed by atoms with E-state index < -0.39 is 0 Å². The van der Waals surface area contributed by atoms with Crippen LogP contribution in [0.5, 0.6) is 0 Å². The highest BCUT2D eigenvalue weighted by Gasteiger charge is 2.20. The molecular formula is C11H14N2O. The first-order chi connectivity index (χ1) is 6.83. The van der Waals surface area contributed by atoms with Crippen molar-refractivity contribution in [1.82, 2.24) is 0 Å². The van der Waals surface area contributed by atoms with Crippen molar-refractivity contribution in [3.05, 3.63) is 29.8 Å². The third-order valence-corrected chi connectivity index (χ3v) is 2.48. The Morgan fingerprint density at radius 1 is 1.43 bits per heavy atom. The van der Waals surface area contributed by atoms with Gasteiger partial charge in [-0.05, 0) is 11.6 Å². The molecule has 1 aliphatic rings. The van der Waals surface area contributed by atoms with Crippen molar-refractivity contribution in [2.24, 2.45) is 4.99 Å². The lowest BCUT2D eigenvalue weighted by atomic mass is 10.2. The van der Waals surface area contributed by atoms with Gasteiger partial charge in [-0.25, -0.2) is 0 Å². The molecule has 0 saturated carbocycles. The van der Waals surface area contributed by atoms with Crippen LogP contribution in [-0.2, 0) is 6.42 Å². The largest absolute Gasteiger partial charge is 0.394 e. The number of hydrogen-bond acceptors (Lipinski definition) is 2. The van der Waals surface area contributed by atoms with E-state index in [-0.39, 0.29) is 6.61 Å². The van der Waals surface area contributed by atoms with Gasteiger partial charge in [0.05, 0.1) is 13.2 Å². The number of rotatable bonds is 2. The van der Waals surface area contributed by atoms with E-state index in [4.69, 9.17) is 5.11 Å². The summed E-state index contributed by atoms with van der Waals surface area (Å²) < 4.78 is 0. The molecule has 1 aromatic carbocycles. The molecule has 1 N–H and O–H groups in total. The van der Waals surface area contributed by atoms with Crippen molar-refractivity contribution in [3.63, 3.8) is 0 Å². The number of likely N-dealkylation sites (N-methyl/N-ethyl adjacent to an activating group) is 1. The van der Waals surface area contributed by atoms with Crippen LogP contribution in [0.3, 0.4) is 0 Å². The number of amidine groups is 1. The molecule has 2 rings (SSSR count). The zero-order valence-corrected chi connectivity index (χ0v) is 8.27. The van der Waals surface area contributed by atoms with E-state index in [1.54, 1.807) is 0 Å². The average molecular weight is 190 g/mol. The van der Waals surface area contributed by atoms with Crippen molar-refractivity contribution in [2.75, 3.05) is 25.1 Å². The molecule has 0 atom stereocenters. The normalized spacial score (nSPS) is 17.6. The minimum atomic E-state index is 0.119. The summed E-state index contributed by atoms with van der Waals surface area (Å²) in [5.41, 5.74) is 2.54. The number of aliphatic imine (C=N–C) groups is 1. The first-order valence-corrected chi connectivity index (χ1v) is 4.78. The third-order valence-electron chi connectivity index (χ3n) is 2.48. The van der Waals surface area contributed by atoms with Crippen molar-refractivity contribution < 1.29 is 5.11 Å². The van der Waals surface area contributed by atoms with Crippen LogP contribution in [0.4, 0.5) is 5.69 Å². The number of aliphatic hydroxyl groups is 1. The summed E-state index contributed by atoms with van der Waals surface area (Å²) in [6, 6.07) is 8.29. The SMILES string of the molecule is CN1C(=NCCO)Cc2ccccc21. The van der Waals surface area contributed by atoms with E-state index >= 15 is 0 Å². The molecule has 1 heterocycles. The lowest BCUT2D eigenvalue weighted by Gasteiger charge is -2.12. The molecule has 0 aromatic heterocycles. The second-order valence-electron chi connectivity index (χ2n) is 3.39. The monoisotopic (exact) mass is 190 g/mol. The van der Waals surface area contributed by atoms with Gasteiger partial charge in [-0.1, -0.05) is 18.2 Å². The Balaban J connectivity index is 2.25. The number of aliphatic hydroxyl groups excluding tert-OH is 1. The molecule has 3 heteroatoms. The van der Waals surface area contributed by atoms with Crippen molar-refractivity contribution in [3.8, 4) is 0 Å². The molecule has 14 heavy (non-hydrogen) atoms. The highest BCUT2D eigenvalue weighted by molar-refractivity contribution is 6.04. The molecule has 0 bridgehead atoms. The molecule has 0 saturated heterocycles. The van der Waals surface area contributed by atoms with E-state index in [1.165, 1.54) is 11.3 Å². The molecule has 0 amide bonds. The average Bonchev–Trinajstić information content (AvgIpc) is 2.54. The number of hydrogen-bond donors (Lipinski definition) is 1. The Morgan fingerprint density at radius 3 is 2.93 bits per heavy atom. The van der Waals surface area contributed by atoms with E-state index in [0.29, 0.717) is 6.54 Å². The minimum absolute atomic E-state index is 0.119. The summed E-state index contributed by atoms with van der Waals surface area (Å²) in [5.74, 6) is 1.04. The van der Waals surface area contributed by atoms with Crippen molar-refractivity contribution >= 4 is 11.5 Å². The highest BCUT2D eigenvalue weighted by Crippen LogP contribution is 2.27. The number of nitrogens with zero attached hydrogens (tertiary/aromatic N) is 2. The molecule has 1 aliphatic heterocycles. The van der Waals surface area contributed by atoms with Gasteiger partial charge in [0.1, 0.15) is 5.84 Å². The molecule has 74 valence electrons. The number of benzene rings is 1. The predicted molar refractivity (Wildman–Crippen MR) is 57.9 cm³/mol. The van der Waals surface area contributed by atoms with Crippen LogP contribution in [0.15, 0.2) is 29.3 Å². The molecule has 3 nitrogen and oxygen atoms in total. The van der Waals surface area contributed by atoms with Gasteiger partial charge in [0.15, 0.2) is 0 Å². The first kappa shape index (κ1) is 9.21. The molecule has 1 aromatic rings. The van der Waals surface area contributed by atoms with Gasteiger partial charge < -0.3 is 10.0 Å². The smallest absolute Gasteiger partial charge is 0.108 e. The molecule has 0 unspecified atom stereocenters. The highest BCUT2D eigenvalue weighted by atomic mass is 16.3. The van der Waals surface area contributed by atoms with Crippen LogP contribution < -0.4 is 4.90 Å². The first-order valence-electron chi connectivity index (χ1n) is 4.78. The summed E-state index contributed by atoms with van der Waals surface area (Å²) in [6.45, 7) is 0.612. The summed E-state index contributed by atoms with van der Waals surface area (Å²) >= 11 is 0. The number of anilines is 1. The molecule has 0 radical (unpaired) electrons. The van der Waals surface area contributed by atoms with Gasteiger partial charge >= 0.3 is 0 Å². The Hall–Kier alpha value is -1.35. The van der Waals surface area contributed by atoms with Crippen molar-refractivity contribution in [2.45, 2.75) is 6.42 Å². The Kier molecular flexibility index (Phi) is 2.50. The fourth-order valence-electron chi connectivity index (χ4n) is 1.76. The van der Waals surface area contributed by atoms with Crippen LogP contribution >= 0.6 is 0 Å². The number of fused-ring (bicyclic) bond motifs is 1. The van der Waals surface area contributed by atoms with E-state index in [1.807, 2.05) is 19.2 Å². The zero-order valence-electron chi connectivity index (χ0n) is 8.27. The van der Waals surface area contributed by atoms with Crippen LogP contribution in [0.1, 0.15) is 5.56 Å². The summed E-state index contributed by atoms with van der Waals surface area (Å²) in [4.78, 5) is 6.42. The summed E-state index contributed by atoms with van der Waals surface area (Å²) in [7, 11) is 2.02. The van der Waals surface area contributed by atoms with Crippen molar-refractivity contribution in [1.29, 1.82) is 0 Å². The maximum Gasteiger partial charge on any atom is 0.108 e. The predicted octanol–water partition coefficient (Wildman–Crippen LogP) is 1.07. The maximum atomic E-state index is 8.70.